The van der Waals surface area contributed by atoms with Crippen LogP contribution in [-0.2, 0) is 4.74 Å². The van der Waals surface area contributed by atoms with Crippen molar-refractivity contribution in [2.45, 2.75) is 12.5 Å². The second kappa shape index (κ2) is 4.38. The van der Waals surface area contributed by atoms with Crippen LogP contribution in [0.3, 0.4) is 0 Å². The third-order valence-corrected chi connectivity index (χ3v) is 3.85. The van der Waals surface area contributed by atoms with E-state index in [1.54, 1.807) is 18.2 Å². The van der Waals surface area contributed by atoms with Gasteiger partial charge in [0.25, 0.3) is 0 Å². The van der Waals surface area contributed by atoms with Crippen molar-refractivity contribution in [3.63, 3.8) is 0 Å². The van der Waals surface area contributed by atoms with Gasteiger partial charge in [0.15, 0.2) is 5.78 Å². The molecule has 18 heavy (non-hydrogen) atoms. The Balaban J connectivity index is 1.84. The van der Waals surface area contributed by atoms with Crippen LogP contribution in [-0.4, -0.2) is 11.8 Å². The van der Waals surface area contributed by atoms with Crippen LogP contribution in [0.4, 0.5) is 0 Å². The van der Waals surface area contributed by atoms with E-state index >= 15 is 0 Å². The van der Waals surface area contributed by atoms with Crippen molar-refractivity contribution in [3.8, 4) is 0 Å². The fourth-order valence-electron chi connectivity index (χ4n) is 2.08. The van der Waals surface area contributed by atoms with Crippen molar-refractivity contribution in [2.75, 3.05) is 0 Å². The number of esters is 1. The summed E-state index contributed by atoms with van der Waals surface area (Å²) in [6.45, 7) is 0. The molecule has 0 aliphatic carbocycles. The van der Waals surface area contributed by atoms with Crippen molar-refractivity contribution in [1.29, 1.82) is 0 Å². The largest absolute Gasteiger partial charge is 0.453 e. The van der Waals surface area contributed by atoms with Gasteiger partial charge in [0.05, 0.1) is 16.9 Å². The number of fused-ring (bicyclic) bond motifs is 1. The Hall–Kier alpha value is -1.94. The quantitative estimate of drug-likeness (QED) is 0.627. The maximum atomic E-state index is 12.0. The fraction of sp³-hybridized carbons (Fsp3) is 0.143. The highest BCUT2D eigenvalue weighted by molar-refractivity contribution is 7.12. The van der Waals surface area contributed by atoms with Gasteiger partial charge in [0, 0.05) is 5.56 Å². The van der Waals surface area contributed by atoms with Crippen LogP contribution >= 0.6 is 11.3 Å². The third-order valence-electron chi connectivity index (χ3n) is 2.94. The lowest BCUT2D eigenvalue weighted by Crippen LogP contribution is -2.06. The lowest BCUT2D eigenvalue weighted by molar-refractivity contribution is 0.0367. The zero-order valence-corrected chi connectivity index (χ0v) is 10.3. The van der Waals surface area contributed by atoms with Gasteiger partial charge < -0.3 is 4.74 Å². The minimum atomic E-state index is -0.441. The highest BCUT2D eigenvalue weighted by atomic mass is 32.1. The van der Waals surface area contributed by atoms with E-state index in [2.05, 4.69) is 0 Å². The van der Waals surface area contributed by atoms with E-state index < -0.39 is 6.10 Å². The maximum Gasteiger partial charge on any atom is 0.339 e. The predicted octanol–water partition coefficient (Wildman–Crippen LogP) is 3.23. The molecule has 0 fully saturated rings. The molecular formula is C14H10O3S. The SMILES string of the molecule is O=C(C[C@@H]1OC(=O)c2ccccc21)c1cccs1. The molecule has 1 aromatic heterocycles. The van der Waals surface area contributed by atoms with Crippen LogP contribution in [0.5, 0.6) is 0 Å². The molecule has 2 aromatic rings. The van der Waals surface area contributed by atoms with Crippen LogP contribution < -0.4 is 0 Å². The summed E-state index contributed by atoms with van der Waals surface area (Å²) in [7, 11) is 0. The number of hydrogen-bond acceptors (Lipinski definition) is 4. The summed E-state index contributed by atoms with van der Waals surface area (Å²) in [6, 6.07) is 10.8. The van der Waals surface area contributed by atoms with Crippen molar-refractivity contribution in [2.24, 2.45) is 0 Å². The number of carbonyl (C=O) groups is 2. The van der Waals surface area contributed by atoms with E-state index in [9.17, 15) is 9.59 Å². The monoisotopic (exact) mass is 258 g/mol. The molecule has 1 aliphatic rings. The second-order valence-corrected chi connectivity index (χ2v) is 5.03. The predicted molar refractivity (Wildman–Crippen MR) is 67.9 cm³/mol. The van der Waals surface area contributed by atoms with Crippen molar-refractivity contribution in [3.05, 3.63) is 57.8 Å². The first-order valence-electron chi connectivity index (χ1n) is 5.62. The van der Waals surface area contributed by atoms with Gasteiger partial charge in [0.1, 0.15) is 6.10 Å². The Labute approximate surface area is 108 Å². The highest BCUT2D eigenvalue weighted by Gasteiger charge is 2.32. The standard InChI is InChI=1S/C14H10O3S/c15-11(13-6-3-7-18-13)8-12-9-4-1-2-5-10(9)14(16)17-12/h1-7,12H,8H2/t12-/m0/s1. The third kappa shape index (κ3) is 1.84. The van der Waals surface area contributed by atoms with E-state index in [1.165, 1.54) is 11.3 Å². The van der Waals surface area contributed by atoms with E-state index in [0.29, 0.717) is 10.4 Å². The van der Waals surface area contributed by atoms with Crippen LogP contribution in [0.2, 0.25) is 0 Å². The van der Waals surface area contributed by atoms with Crippen molar-refractivity contribution < 1.29 is 14.3 Å². The summed E-state index contributed by atoms with van der Waals surface area (Å²) >= 11 is 1.41. The zero-order chi connectivity index (χ0) is 12.5. The first-order valence-corrected chi connectivity index (χ1v) is 6.50. The Bertz CT molecular complexity index is 601. The topological polar surface area (TPSA) is 43.4 Å². The Morgan fingerprint density at radius 1 is 1.22 bits per heavy atom. The molecule has 3 rings (SSSR count). The summed E-state index contributed by atoms with van der Waals surface area (Å²) in [4.78, 5) is 24.3. The average Bonchev–Trinajstić information content (AvgIpc) is 3.00. The molecule has 0 spiro atoms. The lowest BCUT2D eigenvalue weighted by atomic mass is 10.0. The van der Waals surface area contributed by atoms with Gasteiger partial charge in [-0.25, -0.2) is 4.79 Å². The van der Waals surface area contributed by atoms with E-state index in [-0.39, 0.29) is 18.2 Å². The molecule has 0 unspecified atom stereocenters. The second-order valence-electron chi connectivity index (χ2n) is 4.09. The molecular weight excluding hydrogens is 248 g/mol. The molecule has 0 saturated heterocycles. The molecule has 1 aromatic carbocycles. The van der Waals surface area contributed by atoms with Crippen LogP contribution in [0.1, 0.15) is 38.1 Å². The van der Waals surface area contributed by atoms with Gasteiger partial charge >= 0.3 is 5.97 Å². The van der Waals surface area contributed by atoms with Crippen LogP contribution in [0, 0.1) is 0 Å². The van der Waals surface area contributed by atoms with Gasteiger partial charge in [-0.1, -0.05) is 24.3 Å². The van der Waals surface area contributed by atoms with Gasteiger partial charge in [-0.3, -0.25) is 4.79 Å². The van der Waals surface area contributed by atoms with Crippen molar-refractivity contribution >= 4 is 23.1 Å². The minimum Gasteiger partial charge on any atom is -0.453 e. The summed E-state index contributed by atoms with van der Waals surface area (Å²) in [5.74, 6) is -0.325. The van der Waals surface area contributed by atoms with Crippen LogP contribution in [0.15, 0.2) is 41.8 Å². The smallest absolute Gasteiger partial charge is 0.339 e. The van der Waals surface area contributed by atoms with Gasteiger partial charge in [-0.2, -0.15) is 0 Å². The molecule has 0 saturated carbocycles. The molecule has 1 aliphatic heterocycles. The number of ketones is 1. The molecule has 4 heteroatoms. The van der Waals surface area contributed by atoms with Gasteiger partial charge in [-0.05, 0) is 17.5 Å². The number of carbonyl (C=O) groups excluding carboxylic acids is 2. The molecule has 0 amide bonds. The van der Waals surface area contributed by atoms with Gasteiger partial charge in [0.2, 0.25) is 0 Å². The van der Waals surface area contributed by atoms with Crippen LogP contribution in [0.25, 0.3) is 0 Å². The highest BCUT2D eigenvalue weighted by Crippen LogP contribution is 2.33. The number of hydrogen-bond donors (Lipinski definition) is 0. The number of benzene rings is 1. The number of rotatable bonds is 3. The summed E-state index contributed by atoms with van der Waals surface area (Å²) in [6.07, 6.45) is -0.230. The molecule has 0 bridgehead atoms. The van der Waals surface area contributed by atoms with E-state index in [0.717, 1.165) is 5.56 Å². The summed E-state index contributed by atoms with van der Waals surface area (Å²) in [5, 5.41) is 1.86. The maximum absolute atomic E-state index is 12.0. The number of thiophene rings is 1. The number of cyclic esters (lactones) is 1. The molecule has 3 nitrogen and oxygen atoms in total. The summed E-state index contributed by atoms with van der Waals surface area (Å²) < 4.78 is 5.25. The Kier molecular flexibility index (Phi) is 2.72. The molecule has 0 N–H and O–H groups in total. The number of Topliss-reactive ketones (excluding diaryl/α,β-unsaturated/α-hetero) is 1. The molecule has 2 heterocycles. The molecule has 1 atom stereocenters. The number of ether oxygens (including phenoxy) is 1. The fourth-order valence-corrected chi connectivity index (χ4v) is 2.75. The normalized spacial score (nSPS) is 17.3. The zero-order valence-electron chi connectivity index (χ0n) is 9.46. The molecule has 0 radical (unpaired) electrons. The van der Waals surface area contributed by atoms with E-state index in [4.69, 9.17) is 4.74 Å². The molecule has 90 valence electrons. The van der Waals surface area contributed by atoms with Gasteiger partial charge in [-0.15, -0.1) is 11.3 Å². The Morgan fingerprint density at radius 3 is 2.83 bits per heavy atom. The summed E-state index contributed by atoms with van der Waals surface area (Å²) in [5.41, 5.74) is 1.38. The lowest BCUT2D eigenvalue weighted by Gasteiger charge is -2.08. The first-order chi connectivity index (χ1) is 8.75. The average molecular weight is 258 g/mol. The minimum absolute atomic E-state index is 0.0134. The van der Waals surface area contributed by atoms with Crippen molar-refractivity contribution in [1.82, 2.24) is 0 Å². The Morgan fingerprint density at radius 2 is 2.06 bits per heavy atom. The first kappa shape index (κ1) is 11.2. The van der Waals surface area contributed by atoms with E-state index in [1.807, 2.05) is 23.6 Å².